The molecule has 38 heavy (non-hydrogen) atoms. The first-order valence-corrected chi connectivity index (χ1v) is 12.2. The van der Waals surface area contributed by atoms with Gasteiger partial charge in [0.1, 0.15) is 5.82 Å². The van der Waals surface area contributed by atoms with Crippen molar-refractivity contribution in [1.29, 1.82) is 0 Å². The molecule has 1 aliphatic heterocycles. The molecule has 2 aliphatic rings. The predicted octanol–water partition coefficient (Wildman–Crippen LogP) is 6.15. The monoisotopic (exact) mass is 546 g/mol. The van der Waals surface area contributed by atoms with Crippen molar-refractivity contribution in [2.75, 3.05) is 14.1 Å². The molecule has 11 heteroatoms. The van der Waals surface area contributed by atoms with E-state index >= 15 is 0 Å². The molecule has 4 nitrogen and oxygen atoms in total. The number of benzene rings is 2. The summed E-state index contributed by atoms with van der Waals surface area (Å²) in [5.74, 6) is -1.04. The number of amides is 1. The van der Waals surface area contributed by atoms with Crippen molar-refractivity contribution in [3.05, 3.63) is 70.5 Å². The van der Waals surface area contributed by atoms with Crippen LogP contribution in [0.4, 0.5) is 30.7 Å². The Kier molecular flexibility index (Phi) is 7.57. The lowest BCUT2D eigenvalue weighted by Crippen LogP contribution is -2.47. The van der Waals surface area contributed by atoms with Gasteiger partial charge in [0.25, 0.3) is 0 Å². The van der Waals surface area contributed by atoms with Crippen LogP contribution >= 0.6 is 0 Å². The average molecular weight is 547 g/mol. The van der Waals surface area contributed by atoms with E-state index in [0.29, 0.717) is 31.4 Å². The number of hydrogen-bond donors (Lipinski definition) is 1. The van der Waals surface area contributed by atoms with Gasteiger partial charge in [0.15, 0.2) is 0 Å². The molecule has 1 N–H and O–H groups in total. The first kappa shape index (κ1) is 28.4. The van der Waals surface area contributed by atoms with Crippen molar-refractivity contribution in [1.82, 2.24) is 10.2 Å². The van der Waals surface area contributed by atoms with Gasteiger partial charge >= 0.3 is 12.4 Å². The van der Waals surface area contributed by atoms with E-state index in [-0.39, 0.29) is 35.4 Å². The lowest BCUT2D eigenvalue weighted by atomic mass is 9.80. The van der Waals surface area contributed by atoms with Crippen LogP contribution in [0.5, 0.6) is 0 Å². The van der Waals surface area contributed by atoms with Gasteiger partial charge in [0, 0.05) is 12.0 Å². The highest BCUT2D eigenvalue weighted by Crippen LogP contribution is 2.47. The highest BCUT2D eigenvalue weighted by Gasteiger charge is 2.51. The smallest absolute Gasteiger partial charge is 0.373 e. The molecule has 2 aromatic rings. The molecule has 4 rings (SSSR count). The van der Waals surface area contributed by atoms with E-state index < -0.39 is 47.5 Å². The van der Waals surface area contributed by atoms with Gasteiger partial charge in [-0.25, -0.2) is 4.39 Å². The molecule has 5 atom stereocenters. The minimum atomic E-state index is -4.95. The molecule has 1 heterocycles. The zero-order valence-electron chi connectivity index (χ0n) is 21.1. The Morgan fingerprint density at radius 3 is 2.05 bits per heavy atom. The Morgan fingerprint density at radius 2 is 1.55 bits per heavy atom. The summed E-state index contributed by atoms with van der Waals surface area (Å²) in [6, 6.07) is 6.96. The summed E-state index contributed by atoms with van der Waals surface area (Å²) in [6.07, 6.45) is -8.87. The van der Waals surface area contributed by atoms with Crippen molar-refractivity contribution in [2.45, 2.75) is 68.7 Å². The van der Waals surface area contributed by atoms with Crippen molar-refractivity contribution in [3.8, 4) is 0 Å². The van der Waals surface area contributed by atoms with E-state index in [1.807, 2.05) is 25.9 Å². The maximum atomic E-state index is 13.7. The second-order valence-corrected chi connectivity index (χ2v) is 10.5. The Labute approximate surface area is 216 Å². The summed E-state index contributed by atoms with van der Waals surface area (Å²) >= 11 is 0. The lowest BCUT2D eigenvalue weighted by Gasteiger charge is -2.32. The molecular weight excluding hydrogens is 517 g/mol. The molecule has 2 aromatic carbocycles. The standard InChI is InChI=1S/C27H29F7N2O2/c1-25(36(2)3)13-21(35-24(25)37)20-8-9-22(23(20)16-4-6-19(28)7-5-16)38-14-15-10-17(26(29,30)31)12-18(11-15)27(32,33)34/h4-7,10-12,20-23H,8-9,13-14H2,1-3H3,(H,35,37)/t20-,21-,22-,23-,25+/m0/s1. The number of likely N-dealkylation sites (N-methyl/N-ethyl adjacent to an activating group) is 1. The quantitative estimate of drug-likeness (QED) is 0.442. The van der Waals surface area contributed by atoms with Crippen LogP contribution in [0.3, 0.4) is 0 Å². The summed E-state index contributed by atoms with van der Waals surface area (Å²) in [7, 11) is 3.62. The Morgan fingerprint density at radius 1 is 0.974 bits per heavy atom. The lowest BCUT2D eigenvalue weighted by molar-refractivity contribution is -0.143. The van der Waals surface area contributed by atoms with Crippen LogP contribution in [0.25, 0.3) is 0 Å². The highest BCUT2D eigenvalue weighted by molar-refractivity contribution is 5.88. The molecule has 0 bridgehead atoms. The minimum Gasteiger partial charge on any atom is -0.373 e. The van der Waals surface area contributed by atoms with Crippen LogP contribution in [-0.2, 0) is 28.5 Å². The van der Waals surface area contributed by atoms with Gasteiger partial charge in [-0.2, -0.15) is 26.3 Å². The largest absolute Gasteiger partial charge is 0.416 e. The molecule has 0 spiro atoms. The van der Waals surface area contributed by atoms with E-state index in [1.165, 1.54) is 12.1 Å². The third-order valence-corrected chi connectivity index (χ3v) is 7.94. The molecule has 1 aliphatic carbocycles. The van der Waals surface area contributed by atoms with Crippen molar-refractivity contribution < 1.29 is 40.3 Å². The van der Waals surface area contributed by atoms with Crippen LogP contribution in [0, 0.1) is 11.7 Å². The van der Waals surface area contributed by atoms with Gasteiger partial charge < -0.3 is 10.1 Å². The minimum absolute atomic E-state index is 0.0843. The first-order valence-electron chi connectivity index (χ1n) is 12.2. The fraction of sp³-hybridized carbons (Fsp3) is 0.519. The molecule has 1 amide bonds. The fourth-order valence-corrected chi connectivity index (χ4v) is 5.62. The van der Waals surface area contributed by atoms with Crippen molar-refractivity contribution in [3.63, 3.8) is 0 Å². The van der Waals surface area contributed by atoms with Crippen LogP contribution in [-0.4, -0.2) is 42.6 Å². The molecule has 0 aromatic heterocycles. The second kappa shape index (κ2) is 10.1. The second-order valence-electron chi connectivity index (χ2n) is 10.5. The van der Waals surface area contributed by atoms with Crippen LogP contribution in [0.2, 0.25) is 0 Å². The topological polar surface area (TPSA) is 41.6 Å². The number of nitrogens with one attached hydrogen (secondary N) is 1. The maximum Gasteiger partial charge on any atom is 0.416 e. The molecule has 208 valence electrons. The van der Waals surface area contributed by atoms with Gasteiger partial charge in [-0.3, -0.25) is 9.69 Å². The number of hydrogen-bond acceptors (Lipinski definition) is 3. The number of halogens is 7. The third-order valence-electron chi connectivity index (χ3n) is 7.94. The Hall–Kier alpha value is -2.66. The predicted molar refractivity (Wildman–Crippen MR) is 126 cm³/mol. The molecule has 0 radical (unpaired) electrons. The molecule has 1 saturated carbocycles. The Balaban J connectivity index is 1.61. The van der Waals surface area contributed by atoms with E-state index in [9.17, 15) is 35.5 Å². The number of carbonyl (C=O) groups excluding carboxylic acids is 1. The van der Waals surface area contributed by atoms with E-state index in [2.05, 4.69) is 5.32 Å². The number of nitrogens with zero attached hydrogens (tertiary/aromatic N) is 1. The molecule has 1 saturated heterocycles. The van der Waals surface area contributed by atoms with Gasteiger partial charge in [-0.15, -0.1) is 0 Å². The summed E-state index contributed by atoms with van der Waals surface area (Å²) in [5, 5.41) is 3.06. The SMILES string of the molecule is CN(C)[C@]1(C)C[C@@H]([C@@H]2CC[C@H](OCc3cc(C(F)(F)F)cc(C(F)(F)F)c3)[C@H]2c2ccc(F)cc2)NC1=O. The van der Waals surface area contributed by atoms with E-state index in [1.54, 1.807) is 12.1 Å². The van der Waals surface area contributed by atoms with Crippen LogP contribution in [0.15, 0.2) is 42.5 Å². The fourth-order valence-electron chi connectivity index (χ4n) is 5.62. The van der Waals surface area contributed by atoms with Crippen LogP contribution in [0.1, 0.15) is 54.4 Å². The van der Waals surface area contributed by atoms with Gasteiger partial charge in [0.05, 0.1) is 29.4 Å². The summed E-state index contributed by atoms with van der Waals surface area (Å²) < 4.78 is 99.4. The normalized spacial score (nSPS) is 28.2. The molecule has 2 fully saturated rings. The molecular formula is C27H29F7N2O2. The first-order chi connectivity index (χ1) is 17.6. The maximum absolute atomic E-state index is 13.7. The summed E-state index contributed by atoms with van der Waals surface area (Å²) in [4.78, 5) is 14.6. The zero-order valence-corrected chi connectivity index (χ0v) is 21.1. The average Bonchev–Trinajstić information content (AvgIpc) is 3.38. The number of alkyl halides is 6. The van der Waals surface area contributed by atoms with Crippen LogP contribution < -0.4 is 5.32 Å². The molecule has 0 unspecified atom stereocenters. The number of rotatable bonds is 6. The third kappa shape index (κ3) is 5.68. The highest BCUT2D eigenvalue weighted by atomic mass is 19.4. The van der Waals surface area contributed by atoms with Gasteiger partial charge in [-0.1, -0.05) is 12.1 Å². The number of ether oxygens (including phenoxy) is 1. The van der Waals surface area contributed by atoms with Gasteiger partial charge in [-0.05, 0) is 87.7 Å². The van der Waals surface area contributed by atoms with Crippen molar-refractivity contribution in [2.24, 2.45) is 5.92 Å². The van der Waals surface area contributed by atoms with Gasteiger partial charge in [0.2, 0.25) is 5.91 Å². The zero-order chi connectivity index (χ0) is 28.0. The summed E-state index contributed by atoms with van der Waals surface area (Å²) in [5.41, 5.74) is -3.05. The van der Waals surface area contributed by atoms with E-state index in [4.69, 9.17) is 4.74 Å². The van der Waals surface area contributed by atoms with Crippen molar-refractivity contribution >= 4 is 5.91 Å². The number of carbonyl (C=O) groups is 1. The Bertz CT molecular complexity index is 1130. The van der Waals surface area contributed by atoms with E-state index in [0.717, 1.165) is 5.56 Å². The summed E-state index contributed by atoms with van der Waals surface area (Å²) in [6.45, 7) is 1.37.